The van der Waals surface area contributed by atoms with Crippen molar-refractivity contribution in [2.24, 2.45) is 0 Å². The number of piperazine rings is 1. The third kappa shape index (κ3) is 5.51. The number of hydrogen-bond donors (Lipinski definition) is 1. The Kier molecular flexibility index (Phi) is 6.85. The number of rotatable bonds is 5. The molecule has 0 aliphatic carbocycles. The molecule has 1 aliphatic rings. The average Bonchev–Trinajstić information content (AvgIpc) is 2.56. The van der Waals surface area contributed by atoms with Crippen molar-refractivity contribution in [3.8, 4) is 0 Å². The van der Waals surface area contributed by atoms with Gasteiger partial charge >= 0.3 is 6.09 Å². The monoisotopic (exact) mass is 383 g/mol. The fraction of sp³-hybridized carbons (Fsp3) is 0.500. The highest BCUT2D eigenvalue weighted by Gasteiger charge is 2.22. The molecular weight excluding hydrogens is 362 g/mol. The van der Waals surface area contributed by atoms with Crippen LogP contribution < -0.4 is 5.32 Å². The van der Waals surface area contributed by atoms with E-state index in [1.807, 2.05) is 24.3 Å². The van der Waals surface area contributed by atoms with Gasteiger partial charge in [-0.05, 0) is 35.0 Å². The number of anilines is 1. The lowest BCUT2D eigenvalue weighted by Crippen LogP contribution is -2.49. The molecule has 0 saturated carbocycles. The maximum absolute atomic E-state index is 12.0. The number of carbonyl (C=O) groups excluding carboxylic acids is 2. The topological polar surface area (TPSA) is 61.9 Å². The van der Waals surface area contributed by atoms with Crippen molar-refractivity contribution in [3.63, 3.8) is 0 Å². The fourth-order valence-electron chi connectivity index (χ4n) is 2.40. The fourth-order valence-corrected chi connectivity index (χ4v) is 2.79. The molecule has 1 aromatic rings. The normalized spacial score (nSPS) is 15.3. The van der Waals surface area contributed by atoms with E-state index in [-0.39, 0.29) is 12.0 Å². The second-order valence-electron chi connectivity index (χ2n) is 5.31. The summed E-state index contributed by atoms with van der Waals surface area (Å²) >= 11 is 3.41. The van der Waals surface area contributed by atoms with Gasteiger partial charge in [0.15, 0.2) is 0 Å². The molecule has 0 spiro atoms. The highest BCUT2D eigenvalue weighted by atomic mass is 79.9. The number of para-hydroxylation sites is 1. The Bertz CT molecular complexity index is 545. The third-order valence-electron chi connectivity index (χ3n) is 3.70. The van der Waals surface area contributed by atoms with Gasteiger partial charge in [0.05, 0.1) is 12.3 Å². The van der Waals surface area contributed by atoms with Crippen molar-refractivity contribution in [3.05, 3.63) is 28.7 Å². The lowest BCUT2D eigenvalue weighted by Gasteiger charge is -2.33. The summed E-state index contributed by atoms with van der Waals surface area (Å²) in [6.07, 6.45) is 0.180. The van der Waals surface area contributed by atoms with Crippen LogP contribution in [0.3, 0.4) is 0 Å². The number of benzene rings is 1. The summed E-state index contributed by atoms with van der Waals surface area (Å²) in [6.45, 7) is 5.71. The van der Waals surface area contributed by atoms with Gasteiger partial charge in [0.25, 0.3) is 0 Å². The van der Waals surface area contributed by atoms with Crippen LogP contribution in [0.1, 0.15) is 13.3 Å². The zero-order chi connectivity index (χ0) is 16.7. The van der Waals surface area contributed by atoms with E-state index >= 15 is 0 Å². The molecule has 2 amide bonds. The van der Waals surface area contributed by atoms with E-state index in [1.54, 1.807) is 11.8 Å². The molecule has 1 aromatic carbocycles. The molecular formula is C16H22BrN3O3. The smallest absolute Gasteiger partial charge is 0.409 e. The summed E-state index contributed by atoms with van der Waals surface area (Å²) in [5.74, 6) is -0.00952. The summed E-state index contributed by atoms with van der Waals surface area (Å²) in [7, 11) is 0. The Morgan fingerprint density at radius 3 is 2.57 bits per heavy atom. The molecule has 0 bridgehead atoms. The Labute approximate surface area is 144 Å². The largest absolute Gasteiger partial charge is 0.450 e. The molecule has 1 heterocycles. The summed E-state index contributed by atoms with van der Waals surface area (Å²) in [5.41, 5.74) is 0.782. The van der Waals surface area contributed by atoms with Gasteiger partial charge in [0.2, 0.25) is 5.91 Å². The molecule has 0 unspecified atom stereocenters. The predicted octanol–water partition coefficient (Wildman–Crippen LogP) is 2.55. The van der Waals surface area contributed by atoms with Crippen LogP contribution in [-0.4, -0.2) is 61.1 Å². The SMILES string of the molecule is CCOC(=O)N1CCN(CCC(=O)Nc2ccccc2Br)CC1. The van der Waals surface area contributed by atoms with Gasteiger partial charge in [0, 0.05) is 43.6 Å². The van der Waals surface area contributed by atoms with E-state index in [4.69, 9.17) is 4.74 Å². The summed E-state index contributed by atoms with van der Waals surface area (Å²) in [6, 6.07) is 7.54. The van der Waals surface area contributed by atoms with Gasteiger partial charge in [-0.25, -0.2) is 4.79 Å². The zero-order valence-corrected chi connectivity index (χ0v) is 14.8. The highest BCUT2D eigenvalue weighted by Crippen LogP contribution is 2.21. The molecule has 126 valence electrons. The Morgan fingerprint density at radius 2 is 1.91 bits per heavy atom. The van der Waals surface area contributed by atoms with E-state index < -0.39 is 0 Å². The molecule has 23 heavy (non-hydrogen) atoms. The Hall–Kier alpha value is -1.60. The van der Waals surface area contributed by atoms with Crippen LogP contribution in [0, 0.1) is 0 Å². The minimum absolute atomic E-state index is 0.00952. The standard InChI is InChI=1S/C16H22BrN3O3/c1-2-23-16(22)20-11-9-19(10-12-20)8-7-15(21)18-14-6-4-3-5-13(14)17/h3-6H,2,7-12H2,1H3,(H,18,21). The third-order valence-corrected chi connectivity index (χ3v) is 4.39. The van der Waals surface area contributed by atoms with Crippen LogP contribution in [0.4, 0.5) is 10.5 Å². The van der Waals surface area contributed by atoms with Gasteiger partial charge < -0.3 is 15.0 Å². The first kappa shape index (κ1) is 17.7. The molecule has 0 atom stereocenters. The number of amides is 2. The van der Waals surface area contributed by atoms with Crippen molar-refractivity contribution >= 4 is 33.6 Å². The van der Waals surface area contributed by atoms with E-state index in [0.29, 0.717) is 32.7 Å². The van der Waals surface area contributed by atoms with Crippen molar-refractivity contribution in [2.75, 3.05) is 44.6 Å². The van der Waals surface area contributed by atoms with Gasteiger partial charge in [-0.2, -0.15) is 0 Å². The average molecular weight is 384 g/mol. The van der Waals surface area contributed by atoms with Crippen LogP contribution in [0.2, 0.25) is 0 Å². The number of nitrogens with one attached hydrogen (secondary N) is 1. The maximum Gasteiger partial charge on any atom is 0.409 e. The first-order valence-corrected chi connectivity index (χ1v) is 8.58. The van der Waals surface area contributed by atoms with E-state index in [1.165, 1.54) is 0 Å². The lowest BCUT2D eigenvalue weighted by molar-refractivity contribution is -0.116. The molecule has 0 radical (unpaired) electrons. The maximum atomic E-state index is 12.0. The molecule has 0 aromatic heterocycles. The number of hydrogen-bond acceptors (Lipinski definition) is 4. The molecule has 7 heteroatoms. The van der Waals surface area contributed by atoms with Crippen molar-refractivity contribution < 1.29 is 14.3 Å². The van der Waals surface area contributed by atoms with Gasteiger partial charge in [-0.1, -0.05) is 12.1 Å². The number of halogens is 1. The molecule has 1 fully saturated rings. The number of ether oxygens (including phenoxy) is 1. The summed E-state index contributed by atoms with van der Waals surface area (Å²) in [4.78, 5) is 27.5. The van der Waals surface area contributed by atoms with Gasteiger partial charge in [-0.15, -0.1) is 0 Å². The molecule has 1 N–H and O–H groups in total. The number of carbonyl (C=O) groups is 2. The van der Waals surface area contributed by atoms with Crippen LogP contribution in [0.15, 0.2) is 28.7 Å². The van der Waals surface area contributed by atoms with Gasteiger partial charge in [-0.3, -0.25) is 9.69 Å². The first-order valence-electron chi connectivity index (χ1n) is 7.78. The zero-order valence-electron chi connectivity index (χ0n) is 13.3. The van der Waals surface area contributed by atoms with Crippen LogP contribution in [0.5, 0.6) is 0 Å². The second kappa shape index (κ2) is 8.88. The first-order chi connectivity index (χ1) is 11.1. The molecule has 2 rings (SSSR count). The van der Waals surface area contributed by atoms with E-state index in [9.17, 15) is 9.59 Å². The van der Waals surface area contributed by atoms with Crippen LogP contribution in [0.25, 0.3) is 0 Å². The second-order valence-corrected chi connectivity index (χ2v) is 6.16. The van der Waals surface area contributed by atoms with Crippen molar-refractivity contribution in [1.29, 1.82) is 0 Å². The quantitative estimate of drug-likeness (QED) is 0.848. The van der Waals surface area contributed by atoms with Crippen LogP contribution >= 0.6 is 15.9 Å². The van der Waals surface area contributed by atoms with E-state index in [2.05, 4.69) is 26.1 Å². The van der Waals surface area contributed by atoms with Gasteiger partial charge in [0.1, 0.15) is 0 Å². The molecule has 1 aliphatic heterocycles. The predicted molar refractivity (Wildman–Crippen MR) is 92.4 cm³/mol. The molecule has 6 nitrogen and oxygen atoms in total. The lowest BCUT2D eigenvalue weighted by atomic mass is 10.2. The summed E-state index contributed by atoms with van der Waals surface area (Å²) < 4.78 is 5.86. The number of nitrogens with zero attached hydrogens (tertiary/aromatic N) is 2. The Balaban J connectivity index is 1.70. The highest BCUT2D eigenvalue weighted by molar-refractivity contribution is 9.10. The van der Waals surface area contributed by atoms with E-state index in [0.717, 1.165) is 23.2 Å². The van der Waals surface area contributed by atoms with Crippen molar-refractivity contribution in [1.82, 2.24) is 9.80 Å². The molecule has 1 saturated heterocycles. The van der Waals surface area contributed by atoms with Crippen molar-refractivity contribution in [2.45, 2.75) is 13.3 Å². The summed E-state index contributed by atoms with van der Waals surface area (Å²) in [5, 5.41) is 2.90. The minimum Gasteiger partial charge on any atom is -0.450 e. The Morgan fingerprint density at radius 1 is 1.22 bits per heavy atom. The minimum atomic E-state index is -0.251. The van der Waals surface area contributed by atoms with Crippen LogP contribution in [-0.2, 0) is 9.53 Å².